The fraction of sp³-hybridized carbons (Fsp3) is 1.00. The zero-order valence-electron chi connectivity index (χ0n) is 13.8. The van der Waals surface area contributed by atoms with E-state index in [1.54, 1.807) is 0 Å². The van der Waals surface area contributed by atoms with Crippen molar-refractivity contribution in [3.05, 3.63) is 0 Å². The van der Waals surface area contributed by atoms with Gasteiger partial charge in [0.25, 0.3) is 0 Å². The standard InChI is InChI=1S/C17H33N3O/c1-18-13-17(7-5-11-21-15-17)14-19-10-6-16(12-19)20-8-3-2-4-9-20/h16,18H,2-15H2,1H3. The molecule has 0 amide bonds. The second-order valence-corrected chi connectivity index (χ2v) is 7.46. The number of hydrogen-bond donors (Lipinski definition) is 1. The Balaban J connectivity index is 1.52. The van der Waals surface area contributed by atoms with Gasteiger partial charge in [-0.05, 0) is 58.8 Å². The first-order chi connectivity index (χ1) is 10.3. The van der Waals surface area contributed by atoms with Crippen LogP contribution in [0.25, 0.3) is 0 Å². The normalized spacial score (nSPS) is 36.1. The van der Waals surface area contributed by atoms with Gasteiger partial charge in [0.2, 0.25) is 0 Å². The maximum Gasteiger partial charge on any atom is 0.0546 e. The summed E-state index contributed by atoms with van der Waals surface area (Å²) >= 11 is 0. The average Bonchev–Trinajstić information content (AvgIpc) is 2.97. The summed E-state index contributed by atoms with van der Waals surface area (Å²) in [5.41, 5.74) is 0.351. The molecule has 0 aromatic carbocycles. The lowest BCUT2D eigenvalue weighted by Crippen LogP contribution is -2.49. The summed E-state index contributed by atoms with van der Waals surface area (Å²) in [6.07, 6.45) is 8.18. The molecular weight excluding hydrogens is 262 g/mol. The van der Waals surface area contributed by atoms with Crippen LogP contribution in [0.4, 0.5) is 0 Å². The van der Waals surface area contributed by atoms with Crippen LogP contribution in [0.3, 0.4) is 0 Å². The van der Waals surface area contributed by atoms with Crippen molar-refractivity contribution in [2.75, 3.05) is 59.5 Å². The number of ether oxygens (including phenoxy) is 1. The maximum atomic E-state index is 5.81. The Hall–Kier alpha value is -0.160. The molecule has 21 heavy (non-hydrogen) atoms. The van der Waals surface area contributed by atoms with Gasteiger partial charge in [-0.25, -0.2) is 0 Å². The molecule has 0 aromatic heterocycles. The number of piperidine rings is 1. The molecule has 0 aliphatic carbocycles. The molecule has 122 valence electrons. The molecule has 3 rings (SSSR count). The van der Waals surface area contributed by atoms with Crippen LogP contribution in [0.1, 0.15) is 38.5 Å². The van der Waals surface area contributed by atoms with E-state index in [2.05, 4.69) is 22.2 Å². The monoisotopic (exact) mass is 295 g/mol. The highest BCUT2D eigenvalue weighted by Crippen LogP contribution is 2.31. The molecule has 1 N–H and O–H groups in total. The Morgan fingerprint density at radius 3 is 2.71 bits per heavy atom. The van der Waals surface area contributed by atoms with Crippen LogP contribution in [-0.2, 0) is 4.74 Å². The zero-order valence-corrected chi connectivity index (χ0v) is 13.8. The van der Waals surface area contributed by atoms with E-state index in [-0.39, 0.29) is 0 Å². The van der Waals surface area contributed by atoms with Gasteiger partial charge in [0.1, 0.15) is 0 Å². The van der Waals surface area contributed by atoms with Gasteiger partial charge in [0.15, 0.2) is 0 Å². The van der Waals surface area contributed by atoms with E-state index in [0.29, 0.717) is 5.41 Å². The van der Waals surface area contributed by atoms with Gasteiger partial charge in [-0.2, -0.15) is 0 Å². The summed E-state index contributed by atoms with van der Waals surface area (Å²) in [6, 6.07) is 0.821. The van der Waals surface area contributed by atoms with Gasteiger partial charge in [-0.3, -0.25) is 4.90 Å². The predicted octanol–water partition coefficient (Wildman–Crippen LogP) is 1.56. The molecule has 3 saturated heterocycles. The Labute approximate surface area is 130 Å². The lowest BCUT2D eigenvalue weighted by atomic mass is 9.82. The van der Waals surface area contributed by atoms with E-state index < -0.39 is 0 Å². The van der Waals surface area contributed by atoms with Crippen LogP contribution in [0.15, 0.2) is 0 Å². The quantitative estimate of drug-likeness (QED) is 0.833. The number of nitrogens with zero attached hydrogens (tertiary/aromatic N) is 2. The van der Waals surface area contributed by atoms with Crippen molar-refractivity contribution < 1.29 is 4.74 Å². The minimum absolute atomic E-state index is 0.351. The SMILES string of the molecule is CNCC1(CN2CCC(N3CCCCC3)C2)CCCOC1. The van der Waals surface area contributed by atoms with E-state index in [9.17, 15) is 0 Å². The highest BCUT2D eigenvalue weighted by molar-refractivity contribution is 4.91. The van der Waals surface area contributed by atoms with E-state index >= 15 is 0 Å². The molecule has 2 atom stereocenters. The molecule has 4 nitrogen and oxygen atoms in total. The third-order valence-electron chi connectivity index (χ3n) is 5.67. The first-order valence-electron chi connectivity index (χ1n) is 9.00. The Kier molecular flexibility index (Phi) is 5.54. The molecule has 3 aliphatic rings. The van der Waals surface area contributed by atoms with E-state index in [0.717, 1.165) is 25.8 Å². The number of hydrogen-bond acceptors (Lipinski definition) is 4. The molecule has 3 heterocycles. The molecule has 2 unspecified atom stereocenters. The van der Waals surface area contributed by atoms with Gasteiger partial charge >= 0.3 is 0 Å². The summed E-state index contributed by atoms with van der Waals surface area (Å²) in [5, 5.41) is 3.41. The minimum atomic E-state index is 0.351. The van der Waals surface area contributed by atoms with Crippen LogP contribution in [0.5, 0.6) is 0 Å². The number of nitrogens with one attached hydrogen (secondary N) is 1. The molecule has 3 fully saturated rings. The lowest BCUT2D eigenvalue weighted by Gasteiger charge is -2.40. The van der Waals surface area contributed by atoms with Crippen LogP contribution >= 0.6 is 0 Å². The third-order valence-corrected chi connectivity index (χ3v) is 5.67. The first kappa shape index (κ1) is 15.7. The molecular formula is C17H33N3O. The largest absolute Gasteiger partial charge is 0.381 e. The first-order valence-corrected chi connectivity index (χ1v) is 9.00. The van der Waals surface area contributed by atoms with Gasteiger partial charge in [0, 0.05) is 37.7 Å². The summed E-state index contributed by atoms with van der Waals surface area (Å²) in [7, 11) is 2.08. The smallest absolute Gasteiger partial charge is 0.0546 e. The molecule has 0 saturated carbocycles. The Bertz CT molecular complexity index is 306. The van der Waals surface area contributed by atoms with Crippen molar-refractivity contribution in [3.63, 3.8) is 0 Å². The Morgan fingerprint density at radius 1 is 1.14 bits per heavy atom. The summed E-state index contributed by atoms with van der Waals surface area (Å²) in [6.45, 7) is 9.46. The van der Waals surface area contributed by atoms with Crippen molar-refractivity contribution in [2.45, 2.75) is 44.6 Å². The molecule has 0 spiro atoms. The maximum absolute atomic E-state index is 5.81. The van der Waals surface area contributed by atoms with E-state index in [4.69, 9.17) is 4.74 Å². The van der Waals surface area contributed by atoms with E-state index in [1.807, 2.05) is 0 Å². The number of likely N-dealkylation sites (tertiary alicyclic amines) is 2. The molecule has 4 heteroatoms. The van der Waals surface area contributed by atoms with Gasteiger partial charge in [-0.1, -0.05) is 6.42 Å². The lowest BCUT2D eigenvalue weighted by molar-refractivity contribution is -0.0231. The van der Waals surface area contributed by atoms with Gasteiger partial charge in [0.05, 0.1) is 6.61 Å². The van der Waals surface area contributed by atoms with Crippen molar-refractivity contribution in [3.8, 4) is 0 Å². The van der Waals surface area contributed by atoms with Crippen molar-refractivity contribution in [1.82, 2.24) is 15.1 Å². The van der Waals surface area contributed by atoms with Crippen LogP contribution in [-0.4, -0.2) is 75.4 Å². The summed E-state index contributed by atoms with van der Waals surface area (Å²) < 4.78 is 5.81. The third kappa shape index (κ3) is 3.98. The summed E-state index contributed by atoms with van der Waals surface area (Å²) in [4.78, 5) is 5.47. The molecule has 0 aromatic rings. The second kappa shape index (κ2) is 7.40. The Morgan fingerprint density at radius 2 is 2.00 bits per heavy atom. The van der Waals surface area contributed by atoms with Crippen molar-refractivity contribution in [1.29, 1.82) is 0 Å². The second-order valence-electron chi connectivity index (χ2n) is 7.46. The minimum Gasteiger partial charge on any atom is -0.381 e. The summed E-state index contributed by atoms with van der Waals surface area (Å²) in [5.74, 6) is 0. The fourth-order valence-corrected chi connectivity index (χ4v) is 4.62. The van der Waals surface area contributed by atoms with E-state index in [1.165, 1.54) is 71.2 Å². The van der Waals surface area contributed by atoms with Gasteiger partial charge in [-0.15, -0.1) is 0 Å². The highest BCUT2D eigenvalue weighted by atomic mass is 16.5. The van der Waals surface area contributed by atoms with Crippen molar-refractivity contribution >= 4 is 0 Å². The molecule has 0 radical (unpaired) electrons. The van der Waals surface area contributed by atoms with Crippen LogP contribution in [0.2, 0.25) is 0 Å². The van der Waals surface area contributed by atoms with Crippen molar-refractivity contribution in [2.24, 2.45) is 5.41 Å². The van der Waals surface area contributed by atoms with Crippen LogP contribution in [0, 0.1) is 5.41 Å². The van der Waals surface area contributed by atoms with Gasteiger partial charge < -0.3 is 15.0 Å². The zero-order chi connectivity index (χ0) is 14.5. The molecule has 0 bridgehead atoms. The van der Waals surface area contributed by atoms with Crippen LogP contribution < -0.4 is 5.32 Å². The fourth-order valence-electron chi connectivity index (χ4n) is 4.62. The topological polar surface area (TPSA) is 27.7 Å². The number of rotatable bonds is 5. The average molecular weight is 295 g/mol. The highest BCUT2D eigenvalue weighted by Gasteiger charge is 2.37. The molecule has 3 aliphatic heterocycles. The predicted molar refractivity (Wildman–Crippen MR) is 86.7 cm³/mol.